The number of hydrogen-bond donors (Lipinski definition) is 1. The lowest BCUT2D eigenvalue weighted by molar-refractivity contribution is -0.0116. The molecule has 3 heteroatoms. The fraction of sp³-hybridized carbons (Fsp3) is 0.647. The van der Waals surface area contributed by atoms with Crippen molar-refractivity contribution in [3.63, 3.8) is 0 Å². The molecule has 1 aromatic rings. The summed E-state index contributed by atoms with van der Waals surface area (Å²) in [5, 5.41) is 3.45. The van der Waals surface area contributed by atoms with E-state index in [-0.39, 0.29) is 6.10 Å². The highest BCUT2D eigenvalue weighted by atomic mass is 16.5. The van der Waals surface area contributed by atoms with Crippen molar-refractivity contribution in [2.75, 3.05) is 19.8 Å². The molecule has 0 aliphatic rings. The second-order valence-electron chi connectivity index (χ2n) is 5.62. The average molecular weight is 279 g/mol. The molecule has 0 saturated heterocycles. The van der Waals surface area contributed by atoms with Gasteiger partial charge in [0.25, 0.3) is 0 Å². The molecule has 0 fully saturated rings. The third-order valence-corrected chi connectivity index (χ3v) is 3.00. The molecule has 0 bridgehead atoms. The lowest BCUT2D eigenvalue weighted by Crippen LogP contribution is -2.19. The predicted molar refractivity (Wildman–Crippen MR) is 83.7 cm³/mol. The van der Waals surface area contributed by atoms with E-state index in [2.05, 4.69) is 43.4 Å². The Morgan fingerprint density at radius 2 is 1.70 bits per heavy atom. The summed E-state index contributed by atoms with van der Waals surface area (Å²) in [6.45, 7) is 12.5. The maximum Gasteiger partial charge on any atom is 0.0785 e. The van der Waals surface area contributed by atoms with Gasteiger partial charge in [-0.1, -0.05) is 38.1 Å². The van der Waals surface area contributed by atoms with Crippen molar-refractivity contribution in [2.24, 2.45) is 5.92 Å². The molecule has 0 aromatic heterocycles. The lowest BCUT2D eigenvalue weighted by atomic mass is 10.1. The van der Waals surface area contributed by atoms with Crippen LogP contribution < -0.4 is 5.32 Å². The van der Waals surface area contributed by atoms with Crippen molar-refractivity contribution in [3.05, 3.63) is 35.4 Å². The Hall–Kier alpha value is -0.900. The van der Waals surface area contributed by atoms with Crippen molar-refractivity contribution in [2.45, 2.75) is 47.0 Å². The first kappa shape index (κ1) is 17.2. The number of rotatable bonds is 10. The molecule has 0 amide bonds. The van der Waals surface area contributed by atoms with Gasteiger partial charge < -0.3 is 14.8 Å². The first-order valence-electron chi connectivity index (χ1n) is 7.59. The molecule has 0 heterocycles. The van der Waals surface area contributed by atoms with Crippen molar-refractivity contribution in [1.82, 2.24) is 5.32 Å². The minimum Gasteiger partial charge on any atom is -0.379 e. The first-order valence-corrected chi connectivity index (χ1v) is 7.59. The molecule has 0 radical (unpaired) electrons. The molecule has 1 aromatic carbocycles. The SMILES string of the molecule is CCOCC(C)OCc1ccc(CNCC(C)C)cc1. The van der Waals surface area contributed by atoms with E-state index >= 15 is 0 Å². The molecule has 1 unspecified atom stereocenters. The minimum absolute atomic E-state index is 0.141. The Bertz CT molecular complexity index is 349. The van der Waals surface area contributed by atoms with Gasteiger partial charge in [-0.15, -0.1) is 0 Å². The first-order chi connectivity index (χ1) is 9.61. The van der Waals surface area contributed by atoms with Crippen LogP contribution in [-0.2, 0) is 22.6 Å². The summed E-state index contributed by atoms with van der Waals surface area (Å²) in [5.74, 6) is 0.689. The zero-order valence-corrected chi connectivity index (χ0v) is 13.3. The number of benzene rings is 1. The van der Waals surface area contributed by atoms with Crippen LogP contribution in [-0.4, -0.2) is 25.9 Å². The minimum atomic E-state index is 0.141. The second kappa shape index (κ2) is 9.92. The van der Waals surface area contributed by atoms with Crippen molar-refractivity contribution in [3.8, 4) is 0 Å². The number of hydrogen-bond acceptors (Lipinski definition) is 3. The average Bonchev–Trinajstić information content (AvgIpc) is 2.44. The Morgan fingerprint density at radius 1 is 1.05 bits per heavy atom. The Balaban J connectivity index is 2.27. The fourth-order valence-electron chi connectivity index (χ4n) is 1.83. The van der Waals surface area contributed by atoms with E-state index in [1.165, 1.54) is 11.1 Å². The molecule has 1 N–H and O–H groups in total. The van der Waals surface area contributed by atoms with E-state index in [4.69, 9.17) is 9.47 Å². The van der Waals surface area contributed by atoms with Gasteiger partial charge in [-0.25, -0.2) is 0 Å². The van der Waals surface area contributed by atoms with Gasteiger partial charge in [0, 0.05) is 13.2 Å². The van der Waals surface area contributed by atoms with E-state index in [1.807, 2.05) is 13.8 Å². The van der Waals surface area contributed by atoms with Crippen LogP contribution in [0.5, 0.6) is 0 Å². The second-order valence-corrected chi connectivity index (χ2v) is 5.62. The molecule has 1 atom stereocenters. The van der Waals surface area contributed by atoms with Crippen LogP contribution in [0.3, 0.4) is 0 Å². The zero-order chi connectivity index (χ0) is 14.8. The maximum absolute atomic E-state index is 5.74. The van der Waals surface area contributed by atoms with Crippen LogP contribution in [0.4, 0.5) is 0 Å². The molecule has 1 rings (SSSR count). The third kappa shape index (κ3) is 7.63. The van der Waals surface area contributed by atoms with Crippen molar-refractivity contribution in [1.29, 1.82) is 0 Å². The highest BCUT2D eigenvalue weighted by molar-refractivity contribution is 5.21. The molecule has 0 aliphatic heterocycles. The zero-order valence-electron chi connectivity index (χ0n) is 13.3. The summed E-state index contributed by atoms with van der Waals surface area (Å²) in [4.78, 5) is 0. The van der Waals surface area contributed by atoms with E-state index < -0.39 is 0 Å². The molecule has 0 aliphatic carbocycles. The van der Waals surface area contributed by atoms with Crippen LogP contribution in [0.2, 0.25) is 0 Å². The summed E-state index contributed by atoms with van der Waals surface area (Å²) in [6.07, 6.45) is 0.141. The largest absolute Gasteiger partial charge is 0.379 e. The standard InChI is InChI=1S/C17H29NO2/c1-5-19-12-15(4)20-13-17-8-6-16(7-9-17)11-18-10-14(2)3/h6-9,14-15,18H,5,10-13H2,1-4H3. The molecule has 20 heavy (non-hydrogen) atoms. The Morgan fingerprint density at radius 3 is 2.30 bits per heavy atom. The van der Waals surface area contributed by atoms with E-state index in [9.17, 15) is 0 Å². The number of ether oxygens (including phenoxy) is 2. The number of nitrogens with one attached hydrogen (secondary N) is 1. The monoisotopic (exact) mass is 279 g/mol. The third-order valence-electron chi connectivity index (χ3n) is 3.00. The molecular formula is C17H29NO2. The summed E-state index contributed by atoms with van der Waals surface area (Å²) >= 11 is 0. The predicted octanol–water partition coefficient (Wildman–Crippen LogP) is 3.37. The topological polar surface area (TPSA) is 30.5 Å². The van der Waals surface area contributed by atoms with Gasteiger partial charge in [-0.2, -0.15) is 0 Å². The Labute approximate surface area is 123 Å². The van der Waals surface area contributed by atoms with Crippen LogP contribution in [0, 0.1) is 5.92 Å². The van der Waals surface area contributed by atoms with Crippen molar-refractivity contribution < 1.29 is 9.47 Å². The summed E-state index contributed by atoms with van der Waals surface area (Å²) in [6, 6.07) is 8.61. The van der Waals surface area contributed by atoms with Crippen molar-refractivity contribution >= 4 is 0 Å². The van der Waals surface area contributed by atoms with Gasteiger partial charge in [0.2, 0.25) is 0 Å². The maximum atomic E-state index is 5.74. The van der Waals surface area contributed by atoms with Crippen LogP contribution in [0.25, 0.3) is 0 Å². The van der Waals surface area contributed by atoms with E-state index in [0.29, 0.717) is 19.1 Å². The fourth-order valence-corrected chi connectivity index (χ4v) is 1.83. The molecule has 0 spiro atoms. The summed E-state index contributed by atoms with van der Waals surface area (Å²) in [7, 11) is 0. The Kier molecular flexibility index (Phi) is 8.51. The van der Waals surface area contributed by atoms with Gasteiger partial charge in [0.1, 0.15) is 0 Å². The molecular weight excluding hydrogens is 250 g/mol. The van der Waals surface area contributed by atoms with Gasteiger partial charge in [0.15, 0.2) is 0 Å². The summed E-state index contributed by atoms with van der Waals surface area (Å²) < 4.78 is 11.1. The van der Waals surface area contributed by atoms with Crippen LogP contribution in [0.15, 0.2) is 24.3 Å². The normalized spacial score (nSPS) is 12.8. The molecule has 3 nitrogen and oxygen atoms in total. The highest BCUT2D eigenvalue weighted by Gasteiger charge is 2.02. The molecule has 0 saturated carbocycles. The van der Waals surface area contributed by atoms with Gasteiger partial charge in [-0.3, -0.25) is 0 Å². The van der Waals surface area contributed by atoms with E-state index in [0.717, 1.165) is 19.7 Å². The van der Waals surface area contributed by atoms with Crippen LogP contribution in [0.1, 0.15) is 38.8 Å². The van der Waals surface area contributed by atoms with Gasteiger partial charge in [-0.05, 0) is 37.4 Å². The summed E-state index contributed by atoms with van der Waals surface area (Å²) in [5.41, 5.74) is 2.53. The quantitative estimate of drug-likeness (QED) is 0.712. The van der Waals surface area contributed by atoms with Gasteiger partial charge in [0.05, 0.1) is 19.3 Å². The smallest absolute Gasteiger partial charge is 0.0785 e. The van der Waals surface area contributed by atoms with Crippen LogP contribution >= 0.6 is 0 Å². The lowest BCUT2D eigenvalue weighted by Gasteiger charge is -2.13. The van der Waals surface area contributed by atoms with Gasteiger partial charge >= 0.3 is 0 Å². The molecule has 114 valence electrons. The highest BCUT2D eigenvalue weighted by Crippen LogP contribution is 2.07. The van der Waals surface area contributed by atoms with E-state index in [1.54, 1.807) is 0 Å².